The molecule has 2 aliphatic heterocycles. The third-order valence-electron chi connectivity index (χ3n) is 9.95. The van der Waals surface area contributed by atoms with E-state index >= 15 is 0 Å². The molecule has 1 saturated carbocycles. The van der Waals surface area contributed by atoms with Crippen LogP contribution in [0.2, 0.25) is 0 Å². The second-order valence-corrected chi connectivity index (χ2v) is 13.8. The highest BCUT2D eigenvalue weighted by Gasteiger charge is 2.39. The van der Waals surface area contributed by atoms with Gasteiger partial charge >= 0.3 is 0 Å². The van der Waals surface area contributed by atoms with E-state index in [1.165, 1.54) is 0 Å². The SMILES string of the molecule is CCCN(C)Cc1ncc(-c2cc3c4c(c2)OCc2cc(-c5cnc(CN(CCC)C(=O)[C@@H](c6ccccc6)C6CC6)[nH]5)cc(c2-4)OC3)[nH]1. The van der Waals surface area contributed by atoms with E-state index in [1.54, 1.807) is 0 Å². The standard InChI is InChI=1S/C40H44N6O3/c1-4-13-45(3)21-35-41-19-31(43-35)27-15-29-23-49-34-18-28(16-30-24-48-33(17-27)38(29)39(30)34)32-20-42-36(44-32)22-46(14-5-2)40(47)37(26-11-12-26)25-9-7-6-8-10-25/h6-10,15-20,26,37H,4-5,11-14,21-24H2,1-3H3,(H,41,43)(H,42,44)/t37-/m0/s1. The van der Waals surface area contributed by atoms with Gasteiger partial charge in [0.1, 0.15) is 36.4 Å². The Morgan fingerprint density at radius 2 is 1.39 bits per heavy atom. The van der Waals surface area contributed by atoms with Gasteiger partial charge < -0.3 is 24.3 Å². The molecule has 0 bridgehead atoms. The molecule has 1 amide bonds. The number of hydrogen-bond acceptors (Lipinski definition) is 6. The molecule has 0 unspecified atom stereocenters. The molecule has 5 aromatic rings. The van der Waals surface area contributed by atoms with Gasteiger partial charge in [-0.15, -0.1) is 0 Å². The van der Waals surface area contributed by atoms with E-state index in [9.17, 15) is 4.79 Å². The smallest absolute Gasteiger partial charge is 0.230 e. The molecular weight excluding hydrogens is 612 g/mol. The zero-order valence-electron chi connectivity index (χ0n) is 28.6. The lowest BCUT2D eigenvalue weighted by molar-refractivity contribution is -0.134. The topological polar surface area (TPSA) is 99.4 Å². The van der Waals surface area contributed by atoms with Crippen molar-refractivity contribution >= 4 is 5.91 Å². The number of amides is 1. The lowest BCUT2D eigenvalue weighted by Gasteiger charge is -2.30. The number of aromatic nitrogens is 4. The molecule has 0 radical (unpaired) electrons. The van der Waals surface area contributed by atoms with Crippen molar-refractivity contribution in [1.82, 2.24) is 29.7 Å². The number of H-pyrrole nitrogens is 2. The molecule has 49 heavy (non-hydrogen) atoms. The highest BCUT2D eigenvalue weighted by molar-refractivity contribution is 5.88. The Morgan fingerprint density at radius 3 is 1.94 bits per heavy atom. The highest BCUT2D eigenvalue weighted by Crippen LogP contribution is 2.51. The number of benzene rings is 3. The fourth-order valence-electron chi connectivity index (χ4n) is 7.51. The van der Waals surface area contributed by atoms with Crippen LogP contribution in [0.1, 0.15) is 73.8 Å². The quantitative estimate of drug-likeness (QED) is 0.135. The average Bonchev–Trinajstić information content (AvgIpc) is 3.64. The molecule has 252 valence electrons. The number of carbonyl (C=O) groups excluding carboxylic acids is 1. The first-order valence-corrected chi connectivity index (χ1v) is 17.7. The van der Waals surface area contributed by atoms with Crippen molar-refractivity contribution in [2.45, 2.75) is 71.8 Å². The minimum atomic E-state index is -0.0912. The third-order valence-corrected chi connectivity index (χ3v) is 9.95. The fraction of sp³-hybridized carbons (Fsp3) is 0.375. The molecule has 1 fully saturated rings. The Labute approximate surface area is 287 Å². The number of nitrogens with zero attached hydrogens (tertiary/aromatic N) is 4. The van der Waals surface area contributed by atoms with Crippen LogP contribution in [0.3, 0.4) is 0 Å². The number of rotatable bonds is 13. The van der Waals surface area contributed by atoms with Gasteiger partial charge in [0.25, 0.3) is 0 Å². The van der Waals surface area contributed by atoms with E-state index in [2.05, 4.69) is 77.1 Å². The molecule has 2 N–H and O–H groups in total. The number of aromatic amines is 2. The number of hydrogen-bond donors (Lipinski definition) is 2. The van der Waals surface area contributed by atoms with E-state index in [4.69, 9.17) is 14.5 Å². The van der Waals surface area contributed by atoms with Gasteiger partial charge in [-0.3, -0.25) is 9.69 Å². The molecule has 4 heterocycles. The van der Waals surface area contributed by atoms with Crippen molar-refractivity contribution in [1.29, 1.82) is 0 Å². The van der Waals surface area contributed by atoms with E-state index in [0.717, 1.165) is 112 Å². The summed E-state index contributed by atoms with van der Waals surface area (Å²) in [5.74, 6) is 4.00. The summed E-state index contributed by atoms with van der Waals surface area (Å²) in [6.45, 7) is 8.18. The molecule has 8 rings (SSSR count). The third kappa shape index (κ3) is 6.23. The summed E-state index contributed by atoms with van der Waals surface area (Å²) in [4.78, 5) is 34.6. The molecular formula is C40H44N6O3. The first kappa shape index (κ1) is 31.4. The molecule has 3 aliphatic rings. The summed E-state index contributed by atoms with van der Waals surface area (Å²) in [6, 6.07) is 18.8. The molecule has 0 spiro atoms. The second-order valence-electron chi connectivity index (χ2n) is 13.8. The number of ether oxygens (including phenoxy) is 2. The maximum Gasteiger partial charge on any atom is 0.230 e. The van der Waals surface area contributed by atoms with Gasteiger partial charge in [0, 0.05) is 39.9 Å². The minimum Gasteiger partial charge on any atom is -0.488 e. The van der Waals surface area contributed by atoms with Crippen LogP contribution in [0.15, 0.2) is 67.0 Å². The summed E-state index contributed by atoms with van der Waals surface area (Å²) >= 11 is 0. The molecule has 1 aliphatic carbocycles. The second kappa shape index (κ2) is 13.2. The first-order chi connectivity index (χ1) is 24.0. The van der Waals surface area contributed by atoms with Crippen LogP contribution in [0, 0.1) is 5.92 Å². The van der Waals surface area contributed by atoms with Gasteiger partial charge in [-0.25, -0.2) is 9.97 Å². The predicted octanol–water partition coefficient (Wildman–Crippen LogP) is 7.69. The van der Waals surface area contributed by atoms with Crippen LogP contribution in [-0.4, -0.2) is 55.8 Å². The van der Waals surface area contributed by atoms with Crippen LogP contribution >= 0.6 is 0 Å². The summed E-state index contributed by atoms with van der Waals surface area (Å²) in [5, 5.41) is 0. The van der Waals surface area contributed by atoms with Gasteiger partial charge in [-0.05, 0) is 75.0 Å². The van der Waals surface area contributed by atoms with Crippen LogP contribution in [0.25, 0.3) is 33.6 Å². The molecule has 3 aromatic carbocycles. The van der Waals surface area contributed by atoms with Crippen molar-refractivity contribution in [3.63, 3.8) is 0 Å². The molecule has 0 saturated heterocycles. The van der Waals surface area contributed by atoms with Crippen molar-refractivity contribution in [3.05, 3.63) is 95.3 Å². The predicted molar refractivity (Wildman–Crippen MR) is 190 cm³/mol. The molecule has 9 nitrogen and oxygen atoms in total. The lowest BCUT2D eigenvalue weighted by atomic mass is 9.87. The Morgan fingerprint density at radius 1 is 0.816 bits per heavy atom. The summed E-state index contributed by atoms with van der Waals surface area (Å²) < 4.78 is 12.8. The van der Waals surface area contributed by atoms with Crippen molar-refractivity contribution in [3.8, 4) is 45.1 Å². The minimum absolute atomic E-state index is 0.0912. The molecule has 1 atom stereocenters. The fourth-order valence-corrected chi connectivity index (χ4v) is 7.51. The van der Waals surface area contributed by atoms with Gasteiger partial charge in [-0.1, -0.05) is 44.2 Å². The molecule has 9 heteroatoms. The van der Waals surface area contributed by atoms with Crippen molar-refractivity contribution in [2.75, 3.05) is 20.1 Å². The zero-order valence-corrected chi connectivity index (χ0v) is 28.6. The van der Waals surface area contributed by atoms with Gasteiger partial charge in [-0.2, -0.15) is 0 Å². The first-order valence-electron chi connectivity index (χ1n) is 17.7. The Kier molecular flexibility index (Phi) is 8.45. The van der Waals surface area contributed by atoms with E-state index in [1.807, 2.05) is 35.5 Å². The Bertz CT molecular complexity index is 1930. The highest BCUT2D eigenvalue weighted by atomic mass is 16.5. The number of nitrogens with one attached hydrogen (secondary N) is 2. The van der Waals surface area contributed by atoms with Gasteiger partial charge in [0.05, 0.1) is 42.8 Å². The normalized spacial score (nSPS) is 15.0. The largest absolute Gasteiger partial charge is 0.488 e. The van der Waals surface area contributed by atoms with Crippen LogP contribution < -0.4 is 9.47 Å². The number of carbonyl (C=O) groups is 1. The maximum absolute atomic E-state index is 14.0. The average molecular weight is 657 g/mol. The van der Waals surface area contributed by atoms with E-state index in [0.29, 0.717) is 32.2 Å². The summed E-state index contributed by atoms with van der Waals surface area (Å²) in [5.41, 5.74) is 9.45. The Hall–Kier alpha value is -4.89. The van der Waals surface area contributed by atoms with E-state index in [-0.39, 0.29) is 11.8 Å². The maximum atomic E-state index is 14.0. The summed E-state index contributed by atoms with van der Waals surface area (Å²) in [6.07, 6.45) is 7.99. The monoisotopic (exact) mass is 656 g/mol. The van der Waals surface area contributed by atoms with Crippen LogP contribution in [0.5, 0.6) is 11.5 Å². The van der Waals surface area contributed by atoms with Crippen molar-refractivity contribution < 1.29 is 14.3 Å². The van der Waals surface area contributed by atoms with E-state index < -0.39 is 0 Å². The molecule has 2 aromatic heterocycles. The zero-order chi connectivity index (χ0) is 33.5. The van der Waals surface area contributed by atoms with Gasteiger partial charge in [0.2, 0.25) is 5.91 Å². The number of imidazole rings is 2. The Balaban J connectivity index is 1.03. The van der Waals surface area contributed by atoms with Crippen LogP contribution in [0.4, 0.5) is 0 Å². The van der Waals surface area contributed by atoms with Gasteiger partial charge in [0.15, 0.2) is 0 Å². The lowest BCUT2D eigenvalue weighted by Crippen LogP contribution is -2.36. The van der Waals surface area contributed by atoms with Crippen molar-refractivity contribution in [2.24, 2.45) is 5.92 Å². The summed E-state index contributed by atoms with van der Waals surface area (Å²) in [7, 11) is 2.12. The van der Waals surface area contributed by atoms with Crippen LogP contribution in [-0.2, 0) is 31.1 Å².